The predicted octanol–water partition coefficient (Wildman–Crippen LogP) is 2.71. The molecule has 0 amide bonds. The van der Waals surface area contributed by atoms with Crippen molar-refractivity contribution in [2.45, 2.75) is 38.8 Å². The van der Waals surface area contributed by atoms with Crippen LogP contribution in [0.2, 0.25) is 0 Å². The predicted molar refractivity (Wildman–Crippen MR) is 81.3 cm³/mol. The molecule has 1 atom stereocenters. The molecule has 1 aliphatic rings. The molecule has 1 aromatic carbocycles. The molecule has 1 heterocycles. The number of ether oxygens (including phenoxy) is 2. The van der Waals surface area contributed by atoms with Crippen LogP contribution in [0, 0.1) is 0 Å². The molecule has 0 aliphatic carbocycles. The average Bonchev–Trinajstić information content (AvgIpc) is 2.83. The Balaban J connectivity index is 2.24. The van der Waals surface area contributed by atoms with Gasteiger partial charge in [-0.15, -0.1) is 0 Å². The maximum Gasteiger partial charge on any atom is 0.127 e. The number of nitrogens with two attached hydrogens (primary N) is 1. The van der Waals surface area contributed by atoms with Gasteiger partial charge in [0.05, 0.1) is 20.3 Å². The van der Waals surface area contributed by atoms with Gasteiger partial charge in [-0.1, -0.05) is 19.8 Å². The summed E-state index contributed by atoms with van der Waals surface area (Å²) >= 11 is 0. The third-order valence-electron chi connectivity index (χ3n) is 4.08. The monoisotopic (exact) mass is 278 g/mol. The van der Waals surface area contributed by atoms with E-state index in [1.165, 1.54) is 30.4 Å². The van der Waals surface area contributed by atoms with Crippen LogP contribution in [0.3, 0.4) is 0 Å². The molecule has 4 heteroatoms. The largest absolute Gasteiger partial charge is 0.497 e. The highest BCUT2D eigenvalue weighted by Crippen LogP contribution is 2.41. The zero-order valence-electron chi connectivity index (χ0n) is 12.8. The smallest absolute Gasteiger partial charge is 0.127 e. The van der Waals surface area contributed by atoms with Crippen LogP contribution in [-0.4, -0.2) is 32.2 Å². The van der Waals surface area contributed by atoms with Crippen LogP contribution in [0.4, 0.5) is 0 Å². The molecule has 1 aliphatic heterocycles. The van der Waals surface area contributed by atoms with Crippen LogP contribution < -0.4 is 15.2 Å². The van der Waals surface area contributed by atoms with Gasteiger partial charge in [0.15, 0.2) is 0 Å². The summed E-state index contributed by atoms with van der Waals surface area (Å²) < 4.78 is 10.9. The zero-order chi connectivity index (χ0) is 14.5. The second kappa shape index (κ2) is 6.95. The lowest BCUT2D eigenvalue weighted by Crippen LogP contribution is -2.29. The summed E-state index contributed by atoms with van der Waals surface area (Å²) in [7, 11) is 3.40. The van der Waals surface area contributed by atoms with Gasteiger partial charge in [-0.3, -0.25) is 4.90 Å². The molecular formula is C16H26N2O2. The molecule has 0 saturated carbocycles. The van der Waals surface area contributed by atoms with E-state index in [0.717, 1.165) is 24.6 Å². The Morgan fingerprint density at radius 1 is 1.25 bits per heavy atom. The van der Waals surface area contributed by atoms with E-state index in [-0.39, 0.29) is 6.04 Å². The Morgan fingerprint density at radius 3 is 2.65 bits per heavy atom. The minimum Gasteiger partial charge on any atom is -0.497 e. The number of unbranched alkanes of at least 4 members (excludes halogenated alkanes) is 2. The lowest BCUT2D eigenvalue weighted by atomic mass is 10.0. The Morgan fingerprint density at radius 2 is 2.05 bits per heavy atom. The number of hydrogen-bond acceptors (Lipinski definition) is 4. The SMILES string of the molecule is CCCCCN1Cc2cc(OC)cc(OC)c2C1CN. The summed E-state index contributed by atoms with van der Waals surface area (Å²) in [6.45, 7) is 4.89. The summed E-state index contributed by atoms with van der Waals surface area (Å²) in [5, 5.41) is 0. The Hall–Kier alpha value is -1.26. The van der Waals surface area contributed by atoms with E-state index >= 15 is 0 Å². The number of methoxy groups -OCH3 is 2. The Labute approximate surface area is 121 Å². The fourth-order valence-corrected chi connectivity index (χ4v) is 3.03. The van der Waals surface area contributed by atoms with Crippen molar-refractivity contribution in [3.8, 4) is 11.5 Å². The van der Waals surface area contributed by atoms with Crippen LogP contribution in [0.1, 0.15) is 43.4 Å². The number of fused-ring (bicyclic) bond motifs is 1. The highest BCUT2D eigenvalue weighted by Gasteiger charge is 2.32. The first-order chi connectivity index (χ1) is 9.74. The molecule has 0 saturated heterocycles. The van der Waals surface area contributed by atoms with Gasteiger partial charge in [-0.05, 0) is 24.6 Å². The molecule has 0 spiro atoms. The molecule has 0 radical (unpaired) electrons. The minimum atomic E-state index is 0.266. The summed E-state index contributed by atoms with van der Waals surface area (Å²) in [5.74, 6) is 1.75. The molecule has 1 aromatic rings. The summed E-state index contributed by atoms with van der Waals surface area (Å²) in [6.07, 6.45) is 3.73. The van der Waals surface area contributed by atoms with Crippen LogP contribution in [0.25, 0.3) is 0 Å². The highest BCUT2D eigenvalue weighted by atomic mass is 16.5. The van der Waals surface area contributed by atoms with Gasteiger partial charge in [0.25, 0.3) is 0 Å². The van der Waals surface area contributed by atoms with E-state index in [0.29, 0.717) is 6.54 Å². The summed E-state index contributed by atoms with van der Waals surface area (Å²) in [5.41, 5.74) is 8.54. The van der Waals surface area contributed by atoms with Gasteiger partial charge in [0.2, 0.25) is 0 Å². The van der Waals surface area contributed by atoms with Crippen LogP contribution in [0.15, 0.2) is 12.1 Å². The van der Waals surface area contributed by atoms with Crippen molar-refractivity contribution < 1.29 is 9.47 Å². The third kappa shape index (κ3) is 2.91. The van der Waals surface area contributed by atoms with Crippen LogP contribution >= 0.6 is 0 Å². The van der Waals surface area contributed by atoms with E-state index in [1.54, 1.807) is 14.2 Å². The highest BCUT2D eigenvalue weighted by molar-refractivity contribution is 5.50. The standard InChI is InChI=1S/C16H26N2O2/c1-4-5-6-7-18-11-12-8-13(19-2)9-15(20-3)16(12)14(18)10-17/h8-9,14H,4-7,10-11,17H2,1-3H3. The van der Waals surface area contributed by atoms with Crippen molar-refractivity contribution in [2.75, 3.05) is 27.3 Å². The zero-order valence-corrected chi connectivity index (χ0v) is 12.8. The van der Waals surface area contributed by atoms with Crippen molar-refractivity contribution in [1.82, 2.24) is 4.90 Å². The van der Waals surface area contributed by atoms with Gasteiger partial charge in [-0.2, -0.15) is 0 Å². The fourth-order valence-electron chi connectivity index (χ4n) is 3.03. The van der Waals surface area contributed by atoms with Crippen molar-refractivity contribution in [1.29, 1.82) is 0 Å². The topological polar surface area (TPSA) is 47.7 Å². The quantitative estimate of drug-likeness (QED) is 0.779. The third-order valence-corrected chi connectivity index (χ3v) is 4.08. The van der Waals surface area contributed by atoms with Crippen molar-refractivity contribution >= 4 is 0 Å². The maximum absolute atomic E-state index is 6.01. The molecule has 2 rings (SSSR count). The van der Waals surface area contributed by atoms with Crippen molar-refractivity contribution in [3.05, 3.63) is 23.3 Å². The lowest BCUT2D eigenvalue weighted by Gasteiger charge is -2.24. The molecule has 2 N–H and O–H groups in total. The molecule has 0 bridgehead atoms. The van der Waals surface area contributed by atoms with E-state index < -0.39 is 0 Å². The Kier molecular flexibility index (Phi) is 5.26. The number of benzene rings is 1. The summed E-state index contributed by atoms with van der Waals surface area (Å²) in [6, 6.07) is 4.33. The van der Waals surface area contributed by atoms with E-state index in [2.05, 4.69) is 17.9 Å². The molecular weight excluding hydrogens is 252 g/mol. The van der Waals surface area contributed by atoms with Gasteiger partial charge >= 0.3 is 0 Å². The van der Waals surface area contributed by atoms with Gasteiger partial charge < -0.3 is 15.2 Å². The first-order valence-electron chi connectivity index (χ1n) is 7.44. The normalized spacial score (nSPS) is 18.1. The fraction of sp³-hybridized carbons (Fsp3) is 0.625. The molecule has 0 aromatic heterocycles. The number of nitrogens with zero attached hydrogens (tertiary/aromatic N) is 1. The van der Waals surface area contributed by atoms with Crippen molar-refractivity contribution in [3.63, 3.8) is 0 Å². The second-order valence-electron chi connectivity index (χ2n) is 5.33. The Bertz CT molecular complexity index is 448. The van der Waals surface area contributed by atoms with Gasteiger partial charge in [0, 0.05) is 24.7 Å². The number of rotatable bonds is 7. The van der Waals surface area contributed by atoms with E-state index in [9.17, 15) is 0 Å². The second-order valence-corrected chi connectivity index (χ2v) is 5.33. The molecule has 0 fully saturated rings. The van der Waals surface area contributed by atoms with Gasteiger partial charge in [-0.25, -0.2) is 0 Å². The molecule has 112 valence electrons. The van der Waals surface area contributed by atoms with Gasteiger partial charge in [0.1, 0.15) is 11.5 Å². The lowest BCUT2D eigenvalue weighted by molar-refractivity contribution is 0.213. The van der Waals surface area contributed by atoms with E-state index in [4.69, 9.17) is 15.2 Å². The average molecular weight is 278 g/mol. The minimum absolute atomic E-state index is 0.266. The van der Waals surface area contributed by atoms with Crippen LogP contribution in [0.5, 0.6) is 11.5 Å². The molecule has 4 nitrogen and oxygen atoms in total. The molecule has 1 unspecified atom stereocenters. The first kappa shape index (κ1) is 15.1. The molecule has 20 heavy (non-hydrogen) atoms. The van der Waals surface area contributed by atoms with Crippen molar-refractivity contribution in [2.24, 2.45) is 5.73 Å². The first-order valence-corrected chi connectivity index (χ1v) is 7.44. The van der Waals surface area contributed by atoms with E-state index in [1.807, 2.05) is 6.07 Å². The number of hydrogen-bond donors (Lipinski definition) is 1. The maximum atomic E-state index is 6.01. The van der Waals surface area contributed by atoms with Crippen LogP contribution in [-0.2, 0) is 6.54 Å². The summed E-state index contributed by atoms with van der Waals surface area (Å²) in [4.78, 5) is 2.46.